The third-order valence-corrected chi connectivity index (χ3v) is 8.15. The molecule has 0 spiro atoms. The molecule has 0 aromatic heterocycles. The summed E-state index contributed by atoms with van der Waals surface area (Å²) < 4.78 is 0. The minimum atomic E-state index is 0. The molecule has 196 valence electrons. The zero-order valence-electron chi connectivity index (χ0n) is 24.1. The van der Waals surface area contributed by atoms with Gasteiger partial charge in [-0.25, -0.2) is 5.57 Å². The van der Waals surface area contributed by atoms with Gasteiger partial charge >= 0.3 is 0 Å². The summed E-state index contributed by atoms with van der Waals surface area (Å²) in [5, 5.41) is 2.89. The largest absolute Gasteiger partial charge is 0.263 e. The van der Waals surface area contributed by atoms with Gasteiger partial charge in [-0.2, -0.15) is 23.3 Å². The van der Waals surface area contributed by atoms with Crippen LogP contribution in [0.4, 0.5) is 0 Å². The first kappa shape index (κ1) is 30.2. The van der Waals surface area contributed by atoms with Crippen molar-refractivity contribution >= 4 is 10.8 Å². The number of rotatable bonds is 3. The Morgan fingerprint density at radius 2 is 1.29 bits per heavy atom. The Labute approximate surface area is 250 Å². The van der Waals surface area contributed by atoms with Crippen LogP contribution in [-0.2, 0) is 51.5 Å². The van der Waals surface area contributed by atoms with E-state index in [0.29, 0.717) is 0 Å². The Hall–Kier alpha value is -2.38. The Morgan fingerprint density at radius 3 is 1.74 bits per heavy atom. The number of allylic oxidation sites excluding steroid dienone is 4. The van der Waals surface area contributed by atoms with E-state index in [0.717, 1.165) is 12.8 Å². The second-order valence-electron chi connectivity index (χ2n) is 11.2. The van der Waals surface area contributed by atoms with Gasteiger partial charge in [-0.15, -0.1) is 35.4 Å². The Kier molecular flexibility index (Phi) is 10.8. The van der Waals surface area contributed by atoms with Gasteiger partial charge in [0.15, 0.2) is 0 Å². The minimum Gasteiger partial charge on any atom is -0.263 e. The molecule has 0 aliphatic heterocycles. The molecule has 2 aliphatic rings. The fourth-order valence-electron chi connectivity index (χ4n) is 5.41. The number of aryl methyl sites for hydroxylation is 5. The summed E-state index contributed by atoms with van der Waals surface area (Å²) in [5.41, 5.74) is 11.8. The zero-order valence-corrected chi connectivity index (χ0v) is 27.7. The van der Waals surface area contributed by atoms with Crippen LogP contribution >= 0.6 is 0 Å². The molecule has 1 heteroatoms. The van der Waals surface area contributed by atoms with Crippen molar-refractivity contribution in [3.63, 3.8) is 0 Å². The molecule has 0 nitrogen and oxygen atoms in total. The van der Waals surface area contributed by atoms with Crippen molar-refractivity contribution in [3.8, 4) is 0 Å². The predicted molar refractivity (Wildman–Crippen MR) is 161 cm³/mol. The molecule has 4 aromatic carbocycles. The van der Waals surface area contributed by atoms with Crippen molar-refractivity contribution in [2.75, 3.05) is 0 Å². The predicted octanol–water partition coefficient (Wildman–Crippen LogP) is 9.94. The molecule has 2 aliphatic carbocycles. The molecule has 0 radical (unpaired) electrons. The number of hydrogen-bond acceptors (Lipinski definition) is 0. The van der Waals surface area contributed by atoms with Crippen LogP contribution in [0, 0.1) is 18.4 Å². The van der Waals surface area contributed by atoms with Gasteiger partial charge < -0.3 is 0 Å². The number of benzene rings is 3. The van der Waals surface area contributed by atoms with Crippen molar-refractivity contribution in [2.45, 2.75) is 73.6 Å². The van der Waals surface area contributed by atoms with Crippen LogP contribution in [0.25, 0.3) is 10.8 Å². The molecular formula is C37H42Hf-2. The van der Waals surface area contributed by atoms with Crippen LogP contribution < -0.4 is 0 Å². The van der Waals surface area contributed by atoms with E-state index in [4.69, 9.17) is 0 Å². The average Bonchev–Trinajstić information content (AvgIpc) is 3.57. The first-order chi connectivity index (χ1) is 17.7. The van der Waals surface area contributed by atoms with E-state index in [2.05, 4.69) is 133 Å². The molecule has 0 fully saturated rings. The molecule has 0 N–H and O–H groups in total. The molecule has 0 bridgehead atoms. The van der Waals surface area contributed by atoms with E-state index in [1.807, 2.05) is 0 Å². The second-order valence-corrected chi connectivity index (χ2v) is 11.2. The van der Waals surface area contributed by atoms with Gasteiger partial charge in [0.05, 0.1) is 0 Å². The summed E-state index contributed by atoms with van der Waals surface area (Å²) in [7, 11) is 0. The average molecular weight is 665 g/mol. The molecule has 6 rings (SSSR count). The van der Waals surface area contributed by atoms with Crippen LogP contribution in [0.15, 0.2) is 102 Å². The molecule has 0 unspecified atom stereocenters. The molecule has 0 saturated heterocycles. The number of hydrogen-bond donors (Lipinski definition) is 0. The smallest absolute Gasteiger partial charge is 0 e. The molecule has 0 atom stereocenters. The molecule has 0 amide bonds. The Balaban J connectivity index is 0.000000158. The van der Waals surface area contributed by atoms with Gasteiger partial charge in [0.1, 0.15) is 0 Å². The molecule has 4 aromatic rings. The van der Waals surface area contributed by atoms with Crippen molar-refractivity contribution in [3.05, 3.63) is 136 Å². The number of fused-ring (bicyclic) bond motifs is 2. The fourth-order valence-corrected chi connectivity index (χ4v) is 5.41. The van der Waals surface area contributed by atoms with Crippen LogP contribution in [0.2, 0.25) is 0 Å². The van der Waals surface area contributed by atoms with Crippen molar-refractivity contribution in [1.29, 1.82) is 0 Å². The summed E-state index contributed by atoms with van der Waals surface area (Å²) >= 11 is 0. The quantitative estimate of drug-likeness (QED) is 0.151. The van der Waals surface area contributed by atoms with Crippen molar-refractivity contribution < 1.29 is 25.8 Å². The minimum absolute atomic E-state index is 0. The second kappa shape index (κ2) is 13.6. The maximum Gasteiger partial charge on any atom is 0 e. The van der Waals surface area contributed by atoms with E-state index in [-0.39, 0.29) is 31.3 Å². The van der Waals surface area contributed by atoms with E-state index in [1.165, 1.54) is 63.4 Å². The molecule has 38 heavy (non-hydrogen) atoms. The van der Waals surface area contributed by atoms with E-state index < -0.39 is 0 Å². The van der Waals surface area contributed by atoms with E-state index in [9.17, 15) is 0 Å². The summed E-state index contributed by atoms with van der Waals surface area (Å²) in [4.78, 5) is 0. The first-order valence-corrected chi connectivity index (χ1v) is 13.8. The standard InChI is InChI=1S/C14H14.C13H13.C10H15.Hf/c1-3-7-13(8-4-1)11-12-14-9-5-2-6-10-14;1-9-5-6-12-7-10-3-2-4-11(10)8-13(9)12;1-7-6-10(4,5)9(3)8(7)2;/h1-10H,11-12H2;5-8H,2-4H2,1H3;1-5H3;/q;2*-1;. The SMILES string of the molecule is CC1=[C-]C(C)(C)C(C)=C1C.C[c-]1ccc2cc3c(cc21)CCC3.[Hf].c1ccc(CCc2ccccc2)cc1. The van der Waals surface area contributed by atoms with Gasteiger partial charge in [0.25, 0.3) is 0 Å². The first-order valence-electron chi connectivity index (χ1n) is 13.8. The summed E-state index contributed by atoms with van der Waals surface area (Å²) in [6.45, 7) is 13.1. The molecule has 0 saturated carbocycles. The summed E-state index contributed by atoms with van der Waals surface area (Å²) in [6, 6.07) is 30.5. The molecule has 0 heterocycles. The van der Waals surface area contributed by atoms with Gasteiger partial charge in [-0.05, 0) is 43.2 Å². The topological polar surface area (TPSA) is 0 Å². The third-order valence-electron chi connectivity index (χ3n) is 8.15. The van der Waals surface area contributed by atoms with E-state index in [1.54, 1.807) is 11.1 Å². The van der Waals surface area contributed by atoms with Crippen LogP contribution in [0.1, 0.15) is 68.9 Å². The third kappa shape index (κ3) is 7.60. The van der Waals surface area contributed by atoms with Gasteiger partial charge in [0, 0.05) is 25.8 Å². The monoisotopic (exact) mass is 666 g/mol. The fraction of sp³-hybridized carbons (Fsp3) is 0.324. The van der Waals surface area contributed by atoms with Crippen LogP contribution in [0.5, 0.6) is 0 Å². The maximum absolute atomic E-state index is 3.44. The van der Waals surface area contributed by atoms with E-state index >= 15 is 0 Å². The maximum atomic E-state index is 3.44. The Morgan fingerprint density at radius 1 is 0.763 bits per heavy atom. The van der Waals surface area contributed by atoms with Gasteiger partial charge in [0.2, 0.25) is 0 Å². The normalized spacial score (nSPS) is 15.1. The summed E-state index contributed by atoms with van der Waals surface area (Å²) in [6.07, 6.45) is 9.62. The van der Waals surface area contributed by atoms with Crippen molar-refractivity contribution in [1.82, 2.24) is 0 Å². The zero-order chi connectivity index (χ0) is 26.4. The Bertz CT molecular complexity index is 1340. The molecular weight excluding hydrogens is 623 g/mol. The van der Waals surface area contributed by atoms with Gasteiger partial charge in [-0.3, -0.25) is 6.08 Å². The van der Waals surface area contributed by atoms with Crippen molar-refractivity contribution in [2.24, 2.45) is 5.41 Å². The van der Waals surface area contributed by atoms with Gasteiger partial charge in [-0.1, -0.05) is 112 Å². The van der Waals surface area contributed by atoms with Crippen LogP contribution in [0.3, 0.4) is 0 Å². The summed E-state index contributed by atoms with van der Waals surface area (Å²) in [5.74, 6) is 0. The van der Waals surface area contributed by atoms with Crippen LogP contribution in [-0.4, -0.2) is 0 Å².